The maximum atomic E-state index is 11.6. The molecule has 6 nitrogen and oxygen atoms in total. The van der Waals surface area contributed by atoms with Gasteiger partial charge in [0, 0.05) is 0 Å². The Hall–Kier alpha value is -2.37. The van der Waals surface area contributed by atoms with Crippen molar-refractivity contribution in [1.29, 1.82) is 0 Å². The molecule has 0 aliphatic carbocycles. The highest BCUT2D eigenvalue weighted by Gasteiger charge is 2.12. The molecule has 2 rings (SSSR count). The van der Waals surface area contributed by atoms with Crippen molar-refractivity contribution in [1.82, 2.24) is 9.78 Å². The summed E-state index contributed by atoms with van der Waals surface area (Å²) in [5.74, 6) is -0.0288. The van der Waals surface area contributed by atoms with E-state index >= 15 is 0 Å². The second-order valence-electron chi connectivity index (χ2n) is 2.94. The second kappa shape index (κ2) is 3.41. The van der Waals surface area contributed by atoms with Crippen LogP contribution in [0.2, 0.25) is 0 Å². The number of nitrogens with two attached hydrogens (primary N) is 1. The molecule has 0 aliphatic heterocycles. The minimum absolute atomic E-state index is 0.0288. The zero-order chi connectivity index (χ0) is 10.8. The second-order valence-corrected chi connectivity index (χ2v) is 2.94. The van der Waals surface area contributed by atoms with Gasteiger partial charge in [-0.05, 0) is 17.3 Å². The van der Waals surface area contributed by atoms with Gasteiger partial charge in [-0.3, -0.25) is 9.89 Å². The molecule has 76 valence electrons. The summed E-state index contributed by atoms with van der Waals surface area (Å²) in [7, 11) is 0. The van der Waals surface area contributed by atoms with Crippen LogP contribution in [-0.4, -0.2) is 9.78 Å². The molecule has 0 fully saturated rings. The van der Waals surface area contributed by atoms with E-state index in [9.17, 15) is 9.70 Å². The molecule has 3 N–H and O–H groups in total. The highest BCUT2D eigenvalue weighted by atomic mass is 16.3. The zero-order valence-electron chi connectivity index (χ0n) is 7.68. The van der Waals surface area contributed by atoms with Gasteiger partial charge < -0.3 is 5.73 Å². The lowest BCUT2D eigenvalue weighted by atomic mass is 10.3. The monoisotopic (exact) mass is 204 g/mol. The number of hydrogen-bond acceptors (Lipinski definition) is 4. The van der Waals surface area contributed by atoms with Crippen molar-refractivity contribution in [3.05, 3.63) is 45.6 Å². The summed E-state index contributed by atoms with van der Waals surface area (Å²) in [6, 6.07) is 8.79. The van der Waals surface area contributed by atoms with E-state index in [1.54, 1.807) is 24.3 Å². The van der Waals surface area contributed by atoms with Crippen molar-refractivity contribution < 1.29 is 0 Å². The van der Waals surface area contributed by atoms with Crippen LogP contribution in [0, 0.1) is 4.91 Å². The number of benzene rings is 1. The zero-order valence-corrected chi connectivity index (χ0v) is 7.68. The quantitative estimate of drug-likeness (QED) is 0.718. The van der Waals surface area contributed by atoms with Crippen LogP contribution < -0.4 is 11.3 Å². The Bertz CT molecular complexity index is 541. The Labute approximate surface area is 84.3 Å². The number of para-hydroxylation sites is 1. The van der Waals surface area contributed by atoms with Crippen LogP contribution in [-0.2, 0) is 0 Å². The molecule has 6 heteroatoms. The number of H-pyrrole nitrogens is 1. The first-order chi connectivity index (χ1) is 7.24. The third kappa shape index (κ3) is 1.41. The van der Waals surface area contributed by atoms with E-state index < -0.39 is 5.56 Å². The van der Waals surface area contributed by atoms with Crippen LogP contribution in [0.5, 0.6) is 0 Å². The first-order valence-electron chi connectivity index (χ1n) is 4.23. The van der Waals surface area contributed by atoms with Gasteiger partial charge in [-0.2, -0.15) is 0 Å². The molecule has 0 saturated carbocycles. The van der Waals surface area contributed by atoms with Gasteiger partial charge in [0.15, 0.2) is 5.82 Å². The summed E-state index contributed by atoms with van der Waals surface area (Å²) in [5, 5.41) is 5.14. The van der Waals surface area contributed by atoms with Gasteiger partial charge in [0.2, 0.25) is 5.69 Å². The maximum Gasteiger partial charge on any atom is 0.303 e. The van der Waals surface area contributed by atoms with Crippen LogP contribution in [0.1, 0.15) is 0 Å². The molecular formula is C9H8N4O2. The lowest BCUT2D eigenvalue weighted by molar-refractivity contribution is 0.854. The summed E-state index contributed by atoms with van der Waals surface area (Å²) < 4.78 is 1.17. The average Bonchev–Trinajstić information content (AvgIpc) is 2.55. The molecular weight excluding hydrogens is 196 g/mol. The summed E-state index contributed by atoms with van der Waals surface area (Å²) in [4.78, 5) is 21.9. The van der Waals surface area contributed by atoms with Crippen molar-refractivity contribution in [3.8, 4) is 5.69 Å². The number of nitroso groups, excluding NO2 is 1. The lowest BCUT2D eigenvalue weighted by Gasteiger charge is -1.98. The van der Waals surface area contributed by atoms with Crippen LogP contribution in [0.15, 0.2) is 40.3 Å². The minimum atomic E-state index is -0.547. The first kappa shape index (κ1) is 9.20. The predicted octanol–water partition coefficient (Wildman–Crippen LogP) is 1.15. The van der Waals surface area contributed by atoms with Gasteiger partial charge in [0.05, 0.1) is 5.69 Å². The number of nitrogen functional groups attached to an aromatic ring is 1. The normalized spacial score (nSPS) is 10.1. The third-order valence-corrected chi connectivity index (χ3v) is 2.00. The van der Waals surface area contributed by atoms with E-state index in [0.717, 1.165) is 0 Å². The largest absolute Gasteiger partial charge is 0.382 e. The molecule has 1 aromatic carbocycles. The smallest absolute Gasteiger partial charge is 0.303 e. The fraction of sp³-hybridized carbons (Fsp3) is 0. The van der Waals surface area contributed by atoms with E-state index in [2.05, 4.69) is 10.3 Å². The third-order valence-electron chi connectivity index (χ3n) is 2.00. The summed E-state index contributed by atoms with van der Waals surface area (Å²) in [5.41, 5.74) is 5.18. The van der Waals surface area contributed by atoms with Crippen LogP contribution in [0.25, 0.3) is 5.69 Å². The molecule has 0 radical (unpaired) electrons. The fourth-order valence-electron chi connectivity index (χ4n) is 1.29. The Kier molecular flexibility index (Phi) is 2.09. The highest BCUT2D eigenvalue weighted by molar-refractivity contribution is 5.57. The van der Waals surface area contributed by atoms with E-state index in [1.807, 2.05) is 6.07 Å². The summed E-state index contributed by atoms with van der Waals surface area (Å²) >= 11 is 0. The predicted molar refractivity (Wildman–Crippen MR) is 56.3 cm³/mol. The van der Waals surface area contributed by atoms with Crippen molar-refractivity contribution >= 4 is 11.5 Å². The molecule has 1 aromatic heterocycles. The number of nitrogens with one attached hydrogen (secondary N) is 1. The molecule has 0 atom stereocenters. The SMILES string of the molecule is Nc1[nH]n(-c2ccccc2)c(=O)c1N=O. The van der Waals surface area contributed by atoms with Crippen molar-refractivity contribution in [3.63, 3.8) is 0 Å². The molecule has 15 heavy (non-hydrogen) atoms. The maximum absolute atomic E-state index is 11.6. The lowest BCUT2D eigenvalue weighted by Crippen LogP contribution is -2.13. The summed E-state index contributed by atoms with van der Waals surface area (Å²) in [6.07, 6.45) is 0. The van der Waals surface area contributed by atoms with Gasteiger partial charge in [0.25, 0.3) is 0 Å². The topological polar surface area (TPSA) is 93.2 Å². The number of aromatic nitrogens is 2. The minimum Gasteiger partial charge on any atom is -0.382 e. The van der Waals surface area contributed by atoms with E-state index in [0.29, 0.717) is 5.69 Å². The first-order valence-corrected chi connectivity index (χ1v) is 4.23. The molecule has 1 heterocycles. The van der Waals surface area contributed by atoms with Gasteiger partial charge in [-0.15, -0.1) is 4.91 Å². The van der Waals surface area contributed by atoms with Crippen LogP contribution in [0.4, 0.5) is 11.5 Å². The van der Waals surface area contributed by atoms with Gasteiger partial charge >= 0.3 is 5.56 Å². The Morgan fingerprint density at radius 1 is 1.27 bits per heavy atom. The number of nitrogens with zero attached hydrogens (tertiary/aromatic N) is 2. The molecule has 0 saturated heterocycles. The number of hydrogen-bond donors (Lipinski definition) is 2. The number of rotatable bonds is 2. The Morgan fingerprint density at radius 2 is 1.93 bits per heavy atom. The molecule has 2 aromatic rings. The number of aromatic amines is 1. The standard InChI is InChI=1S/C9H8N4O2/c10-8-7(12-15)9(14)13(11-8)6-4-2-1-3-5-6/h1-5,11H,10H2. The molecule has 0 aliphatic rings. The molecule has 0 spiro atoms. The highest BCUT2D eigenvalue weighted by Crippen LogP contribution is 2.15. The van der Waals surface area contributed by atoms with E-state index in [1.165, 1.54) is 4.68 Å². The van der Waals surface area contributed by atoms with Gasteiger partial charge in [-0.25, -0.2) is 4.68 Å². The van der Waals surface area contributed by atoms with Crippen LogP contribution in [0.3, 0.4) is 0 Å². The average molecular weight is 204 g/mol. The Morgan fingerprint density at radius 3 is 2.47 bits per heavy atom. The molecule has 0 amide bonds. The van der Waals surface area contributed by atoms with Crippen molar-refractivity contribution in [2.75, 3.05) is 5.73 Å². The number of anilines is 1. The van der Waals surface area contributed by atoms with Crippen molar-refractivity contribution in [2.24, 2.45) is 5.18 Å². The van der Waals surface area contributed by atoms with Crippen LogP contribution >= 0.6 is 0 Å². The fourth-order valence-corrected chi connectivity index (χ4v) is 1.29. The van der Waals surface area contributed by atoms with Crippen molar-refractivity contribution in [2.45, 2.75) is 0 Å². The van der Waals surface area contributed by atoms with E-state index in [-0.39, 0.29) is 11.5 Å². The van der Waals surface area contributed by atoms with Gasteiger partial charge in [0.1, 0.15) is 0 Å². The van der Waals surface area contributed by atoms with E-state index in [4.69, 9.17) is 5.73 Å². The van der Waals surface area contributed by atoms with Gasteiger partial charge in [-0.1, -0.05) is 18.2 Å². The molecule has 0 unspecified atom stereocenters. The Balaban J connectivity index is 2.66. The molecule has 0 bridgehead atoms. The summed E-state index contributed by atoms with van der Waals surface area (Å²) in [6.45, 7) is 0.